The Morgan fingerprint density at radius 2 is 1.43 bits per heavy atom. The average molecular weight is 326 g/mol. The minimum absolute atomic E-state index is 0.258. The topological polar surface area (TPSA) is 144 Å². The van der Waals surface area contributed by atoms with Crippen molar-refractivity contribution in [1.82, 2.24) is 0 Å². The number of hydrogen-bond acceptors (Lipinski definition) is 7. The van der Waals surface area contributed by atoms with E-state index in [1.54, 1.807) is 0 Å². The van der Waals surface area contributed by atoms with Gasteiger partial charge in [-0.3, -0.25) is 4.79 Å². The third-order valence-electron chi connectivity index (χ3n) is 3.02. The van der Waals surface area contributed by atoms with Gasteiger partial charge in [0.25, 0.3) is 5.41 Å². The van der Waals surface area contributed by atoms with Crippen LogP contribution < -0.4 is 0 Å². The first-order valence-corrected chi connectivity index (χ1v) is 6.53. The van der Waals surface area contributed by atoms with Crippen LogP contribution in [0.4, 0.5) is 0 Å². The predicted octanol–water partition coefficient (Wildman–Crippen LogP) is -0.296. The molecular weight excluding hydrogens is 312 g/mol. The molecule has 0 saturated heterocycles. The fourth-order valence-corrected chi connectivity index (χ4v) is 2.11. The van der Waals surface area contributed by atoms with Crippen LogP contribution in [0.2, 0.25) is 0 Å². The zero-order valence-electron chi connectivity index (χ0n) is 12.3. The van der Waals surface area contributed by atoms with Gasteiger partial charge in [0.15, 0.2) is 5.78 Å². The van der Waals surface area contributed by atoms with E-state index >= 15 is 0 Å². The zero-order chi connectivity index (χ0) is 17.8. The highest BCUT2D eigenvalue weighted by Gasteiger charge is 2.62. The zero-order valence-corrected chi connectivity index (χ0v) is 12.3. The van der Waals surface area contributed by atoms with Crippen molar-refractivity contribution in [3.8, 4) is 0 Å². The number of carboxylic acids is 2. The number of carbonyl (C=O) groups excluding carboxylic acids is 3. The lowest BCUT2D eigenvalue weighted by atomic mass is 9.71. The van der Waals surface area contributed by atoms with E-state index in [1.165, 1.54) is 13.8 Å². The molecule has 0 heterocycles. The first-order valence-electron chi connectivity index (χ1n) is 6.53. The van der Waals surface area contributed by atoms with E-state index < -0.39 is 46.2 Å². The smallest absolute Gasteiger partial charge is 0.336 e. The third-order valence-corrected chi connectivity index (χ3v) is 3.02. The Morgan fingerprint density at radius 3 is 1.78 bits per heavy atom. The van der Waals surface area contributed by atoms with E-state index in [-0.39, 0.29) is 13.2 Å². The van der Waals surface area contributed by atoms with Crippen molar-refractivity contribution in [2.75, 3.05) is 13.2 Å². The van der Waals surface area contributed by atoms with Crippen LogP contribution in [0.1, 0.15) is 13.8 Å². The van der Waals surface area contributed by atoms with Gasteiger partial charge in [-0.25, -0.2) is 19.2 Å². The summed E-state index contributed by atoms with van der Waals surface area (Å²) in [6.07, 6.45) is 1.36. The van der Waals surface area contributed by atoms with Crippen LogP contribution in [-0.2, 0) is 33.4 Å². The molecule has 0 spiro atoms. The van der Waals surface area contributed by atoms with Crippen molar-refractivity contribution in [2.45, 2.75) is 13.8 Å². The van der Waals surface area contributed by atoms with Crippen LogP contribution in [0, 0.1) is 5.41 Å². The maximum absolute atomic E-state index is 12.3. The molecule has 0 radical (unpaired) electrons. The summed E-state index contributed by atoms with van der Waals surface area (Å²) in [4.78, 5) is 59.5. The monoisotopic (exact) mass is 326 g/mol. The summed E-state index contributed by atoms with van der Waals surface area (Å²) in [6.45, 7) is 2.24. The van der Waals surface area contributed by atoms with Gasteiger partial charge in [-0.1, -0.05) is 0 Å². The first-order chi connectivity index (χ1) is 10.7. The maximum atomic E-state index is 12.3. The molecule has 1 aliphatic rings. The molecule has 0 bridgehead atoms. The molecule has 1 aliphatic carbocycles. The molecule has 0 saturated carbocycles. The minimum atomic E-state index is -3.00. The molecule has 124 valence electrons. The summed E-state index contributed by atoms with van der Waals surface area (Å²) < 4.78 is 9.29. The van der Waals surface area contributed by atoms with Crippen LogP contribution in [0.3, 0.4) is 0 Å². The number of allylic oxidation sites excluding steroid dienone is 1. The van der Waals surface area contributed by atoms with E-state index in [1.807, 2.05) is 0 Å². The second kappa shape index (κ2) is 6.86. The molecule has 9 heteroatoms. The van der Waals surface area contributed by atoms with Gasteiger partial charge in [0.2, 0.25) is 0 Å². The van der Waals surface area contributed by atoms with Crippen molar-refractivity contribution >= 4 is 29.7 Å². The predicted molar refractivity (Wildman–Crippen MR) is 72.1 cm³/mol. The molecule has 0 aromatic rings. The van der Waals surface area contributed by atoms with E-state index in [2.05, 4.69) is 9.47 Å². The molecule has 0 fully saturated rings. The molecule has 0 aromatic heterocycles. The van der Waals surface area contributed by atoms with E-state index in [0.29, 0.717) is 12.2 Å². The molecule has 0 aromatic carbocycles. The molecule has 1 rings (SSSR count). The highest BCUT2D eigenvalue weighted by Crippen LogP contribution is 2.38. The van der Waals surface area contributed by atoms with Crippen molar-refractivity contribution in [3.63, 3.8) is 0 Å². The molecule has 0 aliphatic heterocycles. The highest BCUT2D eigenvalue weighted by atomic mass is 16.6. The Morgan fingerprint density at radius 1 is 0.957 bits per heavy atom. The fraction of sp³-hybridized carbons (Fsp3) is 0.357. The number of carbonyl (C=O) groups is 5. The number of rotatable bonds is 6. The van der Waals surface area contributed by atoms with E-state index in [4.69, 9.17) is 5.11 Å². The maximum Gasteiger partial charge on any atom is 0.336 e. The Labute approximate surface area is 130 Å². The van der Waals surface area contributed by atoms with Crippen molar-refractivity contribution in [2.24, 2.45) is 5.41 Å². The Kier molecular flexibility index (Phi) is 5.39. The van der Waals surface area contributed by atoms with Crippen molar-refractivity contribution in [3.05, 3.63) is 23.3 Å². The second-order valence-corrected chi connectivity index (χ2v) is 4.29. The first kappa shape index (κ1) is 18.1. The minimum Gasteiger partial charge on any atom is -0.478 e. The summed E-state index contributed by atoms with van der Waals surface area (Å²) in [5.41, 5.74) is -5.08. The summed E-state index contributed by atoms with van der Waals surface area (Å²) in [7, 11) is 0. The molecule has 9 nitrogen and oxygen atoms in total. The van der Waals surface area contributed by atoms with Crippen LogP contribution in [0.25, 0.3) is 0 Å². The van der Waals surface area contributed by atoms with Gasteiger partial charge >= 0.3 is 23.9 Å². The SMILES string of the molecule is CCOC(=O)C1(C(=O)OCC)C(=O)C=CC(C(=O)O)=C1C(=O)O. The van der Waals surface area contributed by atoms with Gasteiger partial charge in [0, 0.05) is 0 Å². The van der Waals surface area contributed by atoms with Crippen molar-refractivity contribution in [1.29, 1.82) is 0 Å². The van der Waals surface area contributed by atoms with E-state index in [0.717, 1.165) is 0 Å². The number of esters is 2. The van der Waals surface area contributed by atoms with E-state index in [9.17, 15) is 29.1 Å². The lowest BCUT2D eigenvalue weighted by molar-refractivity contribution is -0.172. The largest absolute Gasteiger partial charge is 0.478 e. The quantitative estimate of drug-likeness (QED) is 0.496. The lowest BCUT2D eigenvalue weighted by Crippen LogP contribution is -2.53. The number of ether oxygens (including phenoxy) is 2. The van der Waals surface area contributed by atoms with Gasteiger partial charge in [-0.15, -0.1) is 0 Å². The summed E-state index contributed by atoms with van der Waals surface area (Å²) >= 11 is 0. The second-order valence-electron chi connectivity index (χ2n) is 4.29. The Bertz CT molecular complexity index is 621. The molecule has 0 unspecified atom stereocenters. The number of carboxylic acid groups (broad SMARTS) is 2. The molecule has 0 atom stereocenters. The molecule has 2 N–H and O–H groups in total. The van der Waals surface area contributed by atoms with Gasteiger partial charge in [-0.2, -0.15) is 0 Å². The number of aliphatic carboxylic acids is 2. The Balaban J connectivity index is 3.81. The fourth-order valence-electron chi connectivity index (χ4n) is 2.11. The lowest BCUT2D eigenvalue weighted by Gasteiger charge is -2.29. The molecular formula is C14H14O9. The highest BCUT2D eigenvalue weighted by molar-refractivity contribution is 6.32. The third kappa shape index (κ3) is 2.85. The van der Waals surface area contributed by atoms with Crippen molar-refractivity contribution < 1.29 is 43.7 Å². The van der Waals surface area contributed by atoms with Crippen LogP contribution >= 0.6 is 0 Å². The average Bonchev–Trinajstić information content (AvgIpc) is 2.46. The molecule has 23 heavy (non-hydrogen) atoms. The van der Waals surface area contributed by atoms with Crippen LogP contribution in [0.5, 0.6) is 0 Å². The Hall–Kier alpha value is -2.97. The number of ketones is 1. The summed E-state index contributed by atoms with van der Waals surface area (Å²) in [5, 5.41) is 18.4. The van der Waals surface area contributed by atoms with Crippen LogP contribution in [0.15, 0.2) is 23.3 Å². The molecule has 0 amide bonds. The van der Waals surface area contributed by atoms with Gasteiger partial charge in [-0.05, 0) is 26.0 Å². The normalized spacial score (nSPS) is 16.0. The number of hydrogen-bond donors (Lipinski definition) is 2. The standard InChI is InChI=1S/C14H14O9/c1-3-22-12(20)14(13(21)23-4-2)8(15)6-5-7(10(16)17)9(14)11(18)19/h5-6H,3-4H2,1-2H3,(H,16,17)(H,18,19). The summed E-state index contributed by atoms with van der Waals surface area (Å²) in [5.74, 6) is -7.87. The summed E-state index contributed by atoms with van der Waals surface area (Å²) in [6, 6.07) is 0. The van der Waals surface area contributed by atoms with Gasteiger partial charge < -0.3 is 19.7 Å². The van der Waals surface area contributed by atoms with Gasteiger partial charge in [0.05, 0.1) is 24.4 Å². The van der Waals surface area contributed by atoms with Crippen LogP contribution in [-0.4, -0.2) is 53.1 Å². The van der Waals surface area contributed by atoms with Gasteiger partial charge in [0.1, 0.15) is 0 Å².